The molecule has 1 heterocycles. The molecule has 1 N–H and O–H groups in total. The molecule has 0 aromatic carbocycles. The van der Waals surface area contributed by atoms with Crippen molar-refractivity contribution in [2.24, 2.45) is 0 Å². The minimum absolute atomic E-state index is 0.0329. The molecule has 6 heteroatoms. The standard InChI is InChI=1S/C13H26N2O3S/c1-11-9-15(10-12(2)18-11)19(16,17)14-13-7-5-3-4-6-8-13/h11-14H,3-10H2,1-2H3/t11-,12-/m0/s1. The van der Waals surface area contributed by atoms with Crippen LogP contribution < -0.4 is 4.72 Å². The summed E-state index contributed by atoms with van der Waals surface area (Å²) >= 11 is 0. The summed E-state index contributed by atoms with van der Waals surface area (Å²) in [5.74, 6) is 0. The van der Waals surface area contributed by atoms with Gasteiger partial charge in [0.2, 0.25) is 0 Å². The first kappa shape index (κ1) is 15.2. The summed E-state index contributed by atoms with van der Waals surface area (Å²) in [6.07, 6.45) is 6.58. The molecule has 0 spiro atoms. The third-order valence-corrected chi connectivity index (χ3v) is 5.51. The van der Waals surface area contributed by atoms with Gasteiger partial charge in [-0.1, -0.05) is 25.7 Å². The lowest BCUT2D eigenvalue weighted by molar-refractivity contribution is -0.0444. The fraction of sp³-hybridized carbons (Fsp3) is 1.00. The molecule has 0 unspecified atom stereocenters. The molecule has 1 aliphatic heterocycles. The van der Waals surface area contributed by atoms with Crippen LogP contribution in [0.2, 0.25) is 0 Å². The van der Waals surface area contributed by atoms with E-state index >= 15 is 0 Å². The second-order valence-electron chi connectivity index (χ2n) is 5.89. The quantitative estimate of drug-likeness (QED) is 0.804. The summed E-state index contributed by atoms with van der Waals surface area (Å²) in [6, 6.07) is 0.112. The van der Waals surface area contributed by atoms with Crippen LogP contribution in [-0.4, -0.2) is 44.1 Å². The van der Waals surface area contributed by atoms with Crippen LogP contribution in [0.25, 0.3) is 0 Å². The third kappa shape index (κ3) is 4.41. The Labute approximate surface area is 116 Å². The topological polar surface area (TPSA) is 58.6 Å². The van der Waals surface area contributed by atoms with Gasteiger partial charge in [0.05, 0.1) is 12.2 Å². The Kier molecular flexibility index (Phi) is 5.22. The molecule has 1 saturated heterocycles. The monoisotopic (exact) mass is 290 g/mol. The van der Waals surface area contributed by atoms with E-state index in [1.54, 1.807) is 0 Å². The van der Waals surface area contributed by atoms with E-state index in [1.807, 2.05) is 13.8 Å². The van der Waals surface area contributed by atoms with Crippen LogP contribution in [0.1, 0.15) is 52.4 Å². The van der Waals surface area contributed by atoms with Gasteiger partial charge in [0, 0.05) is 19.1 Å². The molecule has 2 atom stereocenters. The lowest BCUT2D eigenvalue weighted by Crippen LogP contribution is -2.53. The number of hydrogen-bond acceptors (Lipinski definition) is 3. The van der Waals surface area contributed by atoms with E-state index in [0.717, 1.165) is 25.7 Å². The Balaban J connectivity index is 1.96. The van der Waals surface area contributed by atoms with Gasteiger partial charge in [0.25, 0.3) is 10.2 Å². The molecule has 5 nitrogen and oxygen atoms in total. The summed E-state index contributed by atoms with van der Waals surface area (Å²) in [4.78, 5) is 0. The average molecular weight is 290 g/mol. The highest BCUT2D eigenvalue weighted by molar-refractivity contribution is 7.87. The molecule has 2 aliphatic rings. The minimum atomic E-state index is -3.36. The molecular formula is C13H26N2O3S. The summed E-state index contributed by atoms with van der Waals surface area (Å²) in [7, 11) is -3.36. The van der Waals surface area contributed by atoms with Crippen molar-refractivity contribution < 1.29 is 13.2 Å². The van der Waals surface area contributed by atoms with Gasteiger partial charge in [-0.3, -0.25) is 0 Å². The van der Waals surface area contributed by atoms with E-state index in [-0.39, 0.29) is 18.2 Å². The van der Waals surface area contributed by atoms with E-state index in [2.05, 4.69) is 4.72 Å². The van der Waals surface area contributed by atoms with Crippen LogP contribution >= 0.6 is 0 Å². The summed E-state index contributed by atoms with van der Waals surface area (Å²) in [5, 5.41) is 0. The molecule has 2 rings (SSSR count). The number of morpholine rings is 1. The third-order valence-electron chi connectivity index (χ3n) is 3.90. The van der Waals surface area contributed by atoms with Crippen molar-refractivity contribution in [2.45, 2.75) is 70.6 Å². The number of hydrogen-bond donors (Lipinski definition) is 1. The minimum Gasteiger partial charge on any atom is -0.373 e. The molecule has 0 aromatic rings. The highest BCUT2D eigenvalue weighted by atomic mass is 32.2. The second kappa shape index (κ2) is 6.52. The molecule has 0 radical (unpaired) electrons. The van der Waals surface area contributed by atoms with Crippen molar-refractivity contribution >= 4 is 10.2 Å². The van der Waals surface area contributed by atoms with Crippen molar-refractivity contribution in [1.82, 2.24) is 9.03 Å². The molecule has 2 fully saturated rings. The van der Waals surface area contributed by atoms with Crippen LogP contribution in [0.15, 0.2) is 0 Å². The van der Waals surface area contributed by atoms with Gasteiger partial charge in [-0.05, 0) is 26.7 Å². The predicted octanol–water partition coefficient (Wildman–Crippen LogP) is 1.65. The van der Waals surface area contributed by atoms with Crippen molar-refractivity contribution in [3.63, 3.8) is 0 Å². The van der Waals surface area contributed by atoms with Gasteiger partial charge in [-0.25, -0.2) is 0 Å². The molecule has 1 saturated carbocycles. The fourth-order valence-corrected chi connectivity index (χ4v) is 4.63. The number of nitrogens with zero attached hydrogens (tertiary/aromatic N) is 1. The highest BCUT2D eigenvalue weighted by Gasteiger charge is 2.32. The highest BCUT2D eigenvalue weighted by Crippen LogP contribution is 2.20. The van der Waals surface area contributed by atoms with Gasteiger partial charge >= 0.3 is 0 Å². The van der Waals surface area contributed by atoms with E-state index in [4.69, 9.17) is 4.74 Å². The predicted molar refractivity (Wildman–Crippen MR) is 75.1 cm³/mol. The smallest absolute Gasteiger partial charge is 0.279 e. The van der Waals surface area contributed by atoms with Gasteiger partial charge in [-0.15, -0.1) is 0 Å². The normalized spacial score (nSPS) is 32.1. The van der Waals surface area contributed by atoms with Crippen LogP contribution in [0.4, 0.5) is 0 Å². The van der Waals surface area contributed by atoms with Crippen LogP contribution in [0, 0.1) is 0 Å². The van der Waals surface area contributed by atoms with Crippen molar-refractivity contribution in [3.05, 3.63) is 0 Å². The zero-order chi connectivity index (χ0) is 13.9. The number of rotatable bonds is 3. The molecule has 1 aliphatic carbocycles. The van der Waals surface area contributed by atoms with Gasteiger partial charge in [0.15, 0.2) is 0 Å². The van der Waals surface area contributed by atoms with Gasteiger partial charge in [0.1, 0.15) is 0 Å². The SMILES string of the molecule is C[C@H]1CN(S(=O)(=O)NC2CCCCCC2)C[C@H](C)O1. The largest absolute Gasteiger partial charge is 0.373 e. The number of nitrogens with one attached hydrogen (secondary N) is 1. The van der Waals surface area contributed by atoms with Crippen molar-refractivity contribution in [2.75, 3.05) is 13.1 Å². The number of ether oxygens (including phenoxy) is 1. The Bertz CT molecular complexity index is 367. The summed E-state index contributed by atoms with van der Waals surface area (Å²) < 4.78 is 34.8. The molecule has 112 valence electrons. The van der Waals surface area contributed by atoms with Crippen LogP contribution in [-0.2, 0) is 14.9 Å². The second-order valence-corrected chi connectivity index (χ2v) is 7.59. The molecular weight excluding hydrogens is 264 g/mol. The summed E-state index contributed by atoms with van der Waals surface area (Å²) in [6.45, 7) is 4.74. The first-order valence-electron chi connectivity index (χ1n) is 7.40. The van der Waals surface area contributed by atoms with Crippen LogP contribution in [0.5, 0.6) is 0 Å². The maximum absolute atomic E-state index is 12.4. The van der Waals surface area contributed by atoms with Crippen molar-refractivity contribution in [3.8, 4) is 0 Å². The van der Waals surface area contributed by atoms with E-state index in [0.29, 0.717) is 13.1 Å². The summed E-state index contributed by atoms with van der Waals surface area (Å²) in [5.41, 5.74) is 0. The van der Waals surface area contributed by atoms with E-state index in [9.17, 15) is 8.42 Å². The molecule has 0 bridgehead atoms. The Hall–Kier alpha value is -0.170. The zero-order valence-corrected chi connectivity index (χ0v) is 12.8. The molecule has 0 amide bonds. The maximum Gasteiger partial charge on any atom is 0.279 e. The van der Waals surface area contributed by atoms with Gasteiger partial charge in [-0.2, -0.15) is 17.4 Å². The lowest BCUT2D eigenvalue weighted by Gasteiger charge is -2.35. The first-order valence-corrected chi connectivity index (χ1v) is 8.84. The molecule has 0 aromatic heterocycles. The Morgan fingerprint density at radius 2 is 1.53 bits per heavy atom. The lowest BCUT2D eigenvalue weighted by atomic mass is 10.1. The Morgan fingerprint density at radius 3 is 2.05 bits per heavy atom. The van der Waals surface area contributed by atoms with Gasteiger partial charge < -0.3 is 4.74 Å². The van der Waals surface area contributed by atoms with E-state index in [1.165, 1.54) is 17.1 Å². The Morgan fingerprint density at radius 1 is 1.00 bits per heavy atom. The van der Waals surface area contributed by atoms with Crippen LogP contribution in [0.3, 0.4) is 0 Å². The van der Waals surface area contributed by atoms with Crippen molar-refractivity contribution in [1.29, 1.82) is 0 Å². The zero-order valence-electron chi connectivity index (χ0n) is 12.0. The van der Waals surface area contributed by atoms with E-state index < -0.39 is 10.2 Å². The fourth-order valence-electron chi connectivity index (χ4n) is 3.01. The first-order chi connectivity index (χ1) is 8.97. The average Bonchev–Trinajstić information content (AvgIpc) is 2.55. The maximum atomic E-state index is 12.4. The molecule has 19 heavy (non-hydrogen) atoms.